The van der Waals surface area contributed by atoms with E-state index in [-0.39, 0.29) is 40.7 Å². The number of Topliss-reactive ketones (excluding diaryl/α,β-unsaturated/α-hetero) is 1. The number of nitrogens with two attached hydrogens (primary N) is 3. The van der Waals surface area contributed by atoms with Crippen LogP contribution in [0.5, 0.6) is 0 Å². The van der Waals surface area contributed by atoms with Crippen LogP contribution in [0.2, 0.25) is 0 Å². The van der Waals surface area contributed by atoms with Crippen molar-refractivity contribution in [3.05, 3.63) is 107 Å². The lowest BCUT2D eigenvalue weighted by molar-refractivity contribution is 0.0255. The molecule has 1 amide bonds. The van der Waals surface area contributed by atoms with Crippen LogP contribution in [0.15, 0.2) is 79.1 Å². The number of esters is 1. The Hall–Kier alpha value is -5.16. The number of carbonyl (C=O) groups is 3. The van der Waals surface area contributed by atoms with Gasteiger partial charge in [-0.1, -0.05) is 18.2 Å². The van der Waals surface area contributed by atoms with Crippen molar-refractivity contribution >= 4 is 29.0 Å². The second-order valence-electron chi connectivity index (χ2n) is 10.1. The predicted molar refractivity (Wildman–Crippen MR) is 155 cm³/mol. The van der Waals surface area contributed by atoms with E-state index in [1.165, 1.54) is 24.3 Å². The standard InChI is InChI=1S/C31H29FN6O4/c32-24-7-6-19(30(35)40)12-23(24)26-9-8-25(34)29(37-26)28(39)13-20-15-36-11-10-27(20)38-16-21(33)14-22(17-38)42-31(41)18-4-2-1-3-5-18/h1-12,15,21-22H,13-14,16-17,33-34H2,(H2,35,40)/t21-,22-/m0/s1. The van der Waals surface area contributed by atoms with Crippen LogP contribution in [-0.4, -0.2) is 52.9 Å². The van der Waals surface area contributed by atoms with Gasteiger partial charge in [-0.2, -0.15) is 0 Å². The van der Waals surface area contributed by atoms with Gasteiger partial charge in [-0.15, -0.1) is 0 Å². The van der Waals surface area contributed by atoms with Gasteiger partial charge >= 0.3 is 5.97 Å². The predicted octanol–water partition coefficient (Wildman–Crippen LogP) is 3.15. The van der Waals surface area contributed by atoms with E-state index >= 15 is 0 Å². The second kappa shape index (κ2) is 12.1. The maximum absolute atomic E-state index is 14.6. The van der Waals surface area contributed by atoms with Crippen LogP contribution in [0.25, 0.3) is 11.3 Å². The minimum absolute atomic E-state index is 0.0146. The molecule has 0 radical (unpaired) electrons. The first-order valence-electron chi connectivity index (χ1n) is 13.3. The van der Waals surface area contributed by atoms with E-state index in [1.807, 2.05) is 11.0 Å². The Morgan fingerprint density at radius 3 is 2.55 bits per heavy atom. The fourth-order valence-electron chi connectivity index (χ4n) is 5.01. The van der Waals surface area contributed by atoms with Crippen molar-refractivity contribution in [1.82, 2.24) is 9.97 Å². The maximum Gasteiger partial charge on any atom is 0.338 e. The first-order chi connectivity index (χ1) is 20.2. The molecule has 11 heteroatoms. The van der Waals surface area contributed by atoms with Crippen molar-refractivity contribution in [1.29, 1.82) is 0 Å². The molecule has 0 saturated carbocycles. The molecule has 2 aromatic heterocycles. The zero-order chi connectivity index (χ0) is 29.8. The molecule has 214 valence electrons. The number of pyridine rings is 2. The van der Waals surface area contributed by atoms with Gasteiger partial charge in [-0.25, -0.2) is 14.2 Å². The molecule has 1 aliphatic rings. The third kappa shape index (κ3) is 6.26. The number of amides is 1. The molecule has 0 unspecified atom stereocenters. The van der Waals surface area contributed by atoms with Crippen molar-refractivity contribution in [3.8, 4) is 11.3 Å². The van der Waals surface area contributed by atoms with Crippen LogP contribution in [0.4, 0.5) is 15.8 Å². The molecule has 5 rings (SSSR count). The SMILES string of the molecule is NC(=O)c1ccc(F)c(-c2ccc(N)c(C(=O)Cc3cnccc3N3C[C@@H](N)C[C@H](OC(=O)c4ccccc4)C3)n2)c1. The van der Waals surface area contributed by atoms with Gasteiger partial charge in [0.05, 0.1) is 23.5 Å². The maximum atomic E-state index is 14.6. The molecule has 42 heavy (non-hydrogen) atoms. The summed E-state index contributed by atoms with van der Waals surface area (Å²) < 4.78 is 20.4. The third-order valence-corrected chi connectivity index (χ3v) is 7.01. The quantitative estimate of drug-likeness (QED) is 0.214. The van der Waals surface area contributed by atoms with Crippen molar-refractivity contribution < 1.29 is 23.5 Å². The van der Waals surface area contributed by atoms with Gasteiger partial charge < -0.3 is 26.8 Å². The number of nitrogens with zero attached hydrogens (tertiary/aromatic N) is 3. The minimum Gasteiger partial charge on any atom is -0.457 e. The lowest BCUT2D eigenvalue weighted by Crippen LogP contribution is -2.51. The summed E-state index contributed by atoms with van der Waals surface area (Å²) in [7, 11) is 0. The van der Waals surface area contributed by atoms with E-state index < -0.39 is 29.6 Å². The molecule has 1 saturated heterocycles. The number of carbonyl (C=O) groups excluding carboxylic acids is 3. The second-order valence-corrected chi connectivity index (χ2v) is 10.1. The fourth-order valence-corrected chi connectivity index (χ4v) is 5.01. The van der Waals surface area contributed by atoms with Crippen LogP contribution in [-0.2, 0) is 11.2 Å². The Bertz CT molecular complexity index is 1650. The fraction of sp³-hybridized carbons (Fsp3) is 0.194. The first kappa shape index (κ1) is 28.4. The van der Waals surface area contributed by atoms with E-state index in [0.717, 1.165) is 6.07 Å². The molecule has 2 atom stereocenters. The van der Waals surface area contributed by atoms with Crippen LogP contribution in [0, 0.1) is 5.82 Å². The third-order valence-electron chi connectivity index (χ3n) is 7.01. The Labute approximate surface area is 241 Å². The first-order valence-corrected chi connectivity index (χ1v) is 13.3. The van der Waals surface area contributed by atoms with Gasteiger partial charge in [-0.3, -0.25) is 14.6 Å². The van der Waals surface area contributed by atoms with E-state index in [0.29, 0.717) is 36.3 Å². The molecule has 10 nitrogen and oxygen atoms in total. The van der Waals surface area contributed by atoms with Crippen molar-refractivity contribution in [2.24, 2.45) is 11.5 Å². The number of nitrogen functional groups attached to an aromatic ring is 1. The highest BCUT2D eigenvalue weighted by Gasteiger charge is 2.30. The van der Waals surface area contributed by atoms with Gasteiger partial charge in [0.2, 0.25) is 5.91 Å². The summed E-state index contributed by atoms with van der Waals surface area (Å²) in [6, 6.07) is 16.8. The van der Waals surface area contributed by atoms with Gasteiger partial charge in [0.15, 0.2) is 5.78 Å². The number of benzene rings is 2. The van der Waals surface area contributed by atoms with Crippen molar-refractivity contribution in [2.75, 3.05) is 23.7 Å². The molecule has 1 aliphatic heterocycles. The van der Waals surface area contributed by atoms with E-state index in [4.69, 9.17) is 21.9 Å². The lowest BCUT2D eigenvalue weighted by Gasteiger charge is -2.38. The van der Waals surface area contributed by atoms with Crippen LogP contribution in [0.1, 0.15) is 43.2 Å². The van der Waals surface area contributed by atoms with Gasteiger partial charge in [0, 0.05) is 60.2 Å². The van der Waals surface area contributed by atoms with E-state index in [1.54, 1.807) is 42.7 Å². The molecule has 0 spiro atoms. The Balaban J connectivity index is 1.37. The lowest BCUT2D eigenvalue weighted by atomic mass is 9.99. The molecule has 6 N–H and O–H groups in total. The van der Waals surface area contributed by atoms with Crippen LogP contribution >= 0.6 is 0 Å². The number of hydrogen-bond acceptors (Lipinski definition) is 9. The topological polar surface area (TPSA) is 168 Å². The average Bonchev–Trinajstić information content (AvgIpc) is 2.98. The number of piperidine rings is 1. The van der Waals surface area contributed by atoms with Gasteiger partial charge in [-0.05, 0) is 48.5 Å². The molecule has 1 fully saturated rings. The molecular formula is C31H29FN6O4. The summed E-state index contributed by atoms with van der Waals surface area (Å²) in [6.07, 6.45) is 3.12. The molecule has 2 aromatic carbocycles. The zero-order valence-electron chi connectivity index (χ0n) is 22.6. The summed E-state index contributed by atoms with van der Waals surface area (Å²) in [4.78, 5) is 48.3. The van der Waals surface area contributed by atoms with Gasteiger partial charge in [0.1, 0.15) is 17.6 Å². The van der Waals surface area contributed by atoms with Gasteiger partial charge in [0.25, 0.3) is 0 Å². The Kier molecular flexibility index (Phi) is 8.21. The van der Waals surface area contributed by atoms with Crippen molar-refractivity contribution in [2.45, 2.75) is 25.0 Å². The molecular weight excluding hydrogens is 539 g/mol. The number of rotatable bonds is 8. The molecule has 0 aliphatic carbocycles. The highest BCUT2D eigenvalue weighted by molar-refractivity contribution is 6.01. The number of anilines is 2. The average molecular weight is 569 g/mol. The number of halogens is 1. The number of hydrogen-bond donors (Lipinski definition) is 3. The Morgan fingerprint density at radius 2 is 1.79 bits per heavy atom. The summed E-state index contributed by atoms with van der Waals surface area (Å²) in [5, 5.41) is 0. The monoisotopic (exact) mass is 568 g/mol. The summed E-state index contributed by atoms with van der Waals surface area (Å²) in [6.45, 7) is 0.860. The highest BCUT2D eigenvalue weighted by Crippen LogP contribution is 2.28. The number of primary amides is 1. The van der Waals surface area contributed by atoms with E-state index in [2.05, 4.69) is 9.97 Å². The smallest absolute Gasteiger partial charge is 0.338 e. The zero-order valence-corrected chi connectivity index (χ0v) is 22.6. The normalized spacial score (nSPS) is 16.6. The highest BCUT2D eigenvalue weighted by atomic mass is 19.1. The van der Waals surface area contributed by atoms with Crippen LogP contribution in [0.3, 0.4) is 0 Å². The Morgan fingerprint density at radius 1 is 1.00 bits per heavy atom. The molecule has 4 aromatic rings. The summed E-state index contributed by atoms with van der Waals surface area (Å²) in [5.41, 5.74) is 19.9. The molecule has 0 bridgehead atoms. The minimum atomic E-state index is -0.721. The summed E-state index contributed by atoms with van der Waals surface area (Å²) in [5.74, 6) is -2.20. The van der Waals surface area contributed by atoms with Crippen LogP contribution < -0.4 is 22.1 Å². The number of aromatic nitrogens is 2. The number of ketones is 1. The number of ether oxygens (including phenoxy) is 1. The molecule has 3 heterocycles. The van der Waals surface area contributed by atoms with Crippen molar-refractivity contribution in [3.63, 3.8) is 0 Å². The largest absolute Gasteiger partial charge is 0.457 e. The van der Waals surface area contributed by atoms with E-state index in [9.17, 15) is 18.8 Å². The summed E-state index contributed by atoms with van der Waals surface area (Å²) >= 11 is 0.